The maximum Gasteiger partial charge on any atom is 0.296 e. The van der Waals surface area contributed by atoms with E-state index < -0.39 is 5.91 Å². The number of carbonyl (C=O) groups excluding carboxylic acids is 1. The Labute approximate surface area is 103 Å². The summed E-state index contributed by atoms with van der Waals surface area (Å²) in [6, 6.07) is 9.38. The molecule has 0 saturated carbocycles. The zero-order valence-corrected chi connectivity index (χ0v) is 9.48. The number of rotatable bonds is 5. The minimum absolute atomic E-state index is 0.0530. The van der Waals surface area contributed by atoms with Gasteiger partial charge in [0.2, 0.25) is 0 Å². The lowest BCUT2D eigenvalue weighted by molar-refractivity contribution is 0.0700. The summed E-state index contributed by atoms with van der Waals surface area (Å²) in [5.74, 6) is 0.0798. The summed E-state index contributed by atoms with van der Waals surface area (Å²) >= 11 is 0. The van der Waals surface area contributed by atoms with E-state index in [0.717, 1.165) is 5.75 Å². The summed E-state index contributed by atoms with van der Waals surface area (Å²) < 4.78 is 6.93. The van der Waals surface area contributed by atoms with Gasteiger partial charge in [-0.05, 0) is 12.1 Å². The number of benzene rings is 1. The highest BCUT2D eigenvalue weighted by atomic mass is 16.5. The molecule has 0 radical (unpaired) electrons. The van der Waals surface area contributed by atoms with E-state index in [-0.39, 0.29) is 5.69 Å². The first-order chi connectivity index (χ1) is 8.79. The summed E-state index contributed by atoms with van der Waals surface area (Å²) in [4.78, 5) is 11.0. The Morgan fingerprint density at radius 2 is 2.17 bits per heavy atom. The summed E-state index contributed by atoms with van der Waals surface area (Å²) in [6.07, 6.45) is 1.43. The maximum atomic E-state index is 11.0. The third kappa shape index (κ3) is 3.05. The molecule has 2 N–H and O–H groups in total. The fourth-order valence-corrected chi connectivity index (χ4v) is 1.34. The number of ether oxygens (including phenoxy) is 1. The van der Waals surface area contributed by atoms with Gasteiger partial charge in [0, 0.05) is 0 Å². The number of aromatic nitrogens is 3. The first-order valence-electron chi connectivity index (χ1n) is 5.32. The molecule has 0 unspecified atom stereocenters. The van der Waals surface area contributed by atoms with Gasteiger partial charge in [-0.1, -0.05) is 23.4 Å². The molecule has 94 valence electrons. The molecule has 0 atom stereocenters. The molecule has 2 aromatic rings. The van der Waals surface area contributed by atoms with Crippen LogP contribution < -0.4 is 10.2 Å². The Balaban J connectivity index is 1.84. The number of amides is 1. The summed E-state index contributed by atoms with van der Waals surface area (Å²) in [7, 11) is 0. The second-order valence-corrected chi connectivity index (χ2v) is 3.47. The zero-order valence-electron chi connectivity index (χ0n) is 9.48. The van der Waals surface area contributed by atoms with E-state index in [1.807, 2.05) is 30.3 Å². The monoisotopic (exact) mass is 248 g/mol. The molecular formula is C11H12N4O3. The van der Waals surface area contributed by atoms with Crippen LogP contribution >= 0.6 is 0 Å². The van der Waals surface area contributed by atoms with Crippen molar-refractivity contribution in [2.45, 2.75) is 6.54 Å². The van der Waals surface area contributed by atoms with E-state index in [2.05, 4.69) is 10.3 Å². The highest BCUT2D eigenvalue weighted by molar-refractivity contribution is 5.90. The van der Waals surface area contributed by atoms with Crippen LogP contribution in [0, 0.1) is 0 Å². The first-order valence-corrected chi connectivity index (χ1v) is 5.32. The van der Waals surface area contributed by atoms with Crippen LogP contribution in [0.5, 0.6) is 5.75 Å². The van der Waals surface area contributed by atoms with Gasteiger partial charge in [-0.2, -0.15) is 0 Å². The number of nitrogens with one attached hydrogen (secondary N) is 1. The molecule has 0 bridgehead atoms. The molecule has 0 aliphatic heterocycles. The average molecular weight is 248 g/mol. The van der Waals surface area contributed by atoms with Crippen molar-refractivity contribution in [1.29, 1.82) is 0 Å². The van der Waals surface area contributed by atoms with Gasteiger partial charge >= 0.3 is 0 Å². The van der Waals surface area contributed by atoms with Gasteiger partial charge in [-0.15, -0.1) is 5.10 Å². The molecule has 7 heteroatoms. The van der Waals surface area contributed by atoms with E-state index in [9.17, 15) is 4.79 Å². The van der Waals surface area contributed by atoms with Crippen LogP contribution in [-0.4, -0.2) is 32.7 Å². The molecule has 1 heterocycles. The van der Waals surface area contributed by atoms with Crippen LogP contribution in [0.4, 0.5) is 0 Å². The molecule has 0 fully saturated rings. The third-order valence-electron chi connectivity index (χ3n) is 2.21. The summed E-state index contributed by atoms with van der Waals surface area (Å²) in [5.41, 5.74) is 1.54. The normalized spacial score (nSPS) is 10.1. The minimum atomic E-state index is -0.690. The van der Waals surface area contributed by atoms with Crippen LogP contribution in [-0.2, 0) is 6.54 Å². The topological polar surface area (TPSA) is 89.3 Å². The molecular weight excluding hydrogens is 236 g/mol. The maximum absolute atomic E-state index is 11.0. The standard InChI is InChI=1S/C11H12N4O3/c16-11(13-17)10-8-15(14-12-10)6-7-18-9-4-2-1-3-5-9/h1-5,8,17H,6-7H2,(H,13,16). The van der Waals surface area contributed by atoms with Crippen molar-refractivity contribution in [3.63, 3.8) is 0 Å². The predicted octanol–water partition coefficient (Wildman–Crippen LogP) is 0.476. The van der Waals surface area contributed by atoms with E-state index in [4.69, 9.17) is 9.94 Å². The fraction of sp³-hybridized carbons (Fsp3) is 0.182. The molecule has 1 aromatic heterocycles. The Bertz CT molecular complexity index is 512. The Morgan fingerprint density at radius 3 is 2.89 bits per heavy atom. The highest BCUT2D eigenvalue weighted by Gasteiger charge is 2.08. The van der Waals surface area contributed by atoms with Crippen molar-refractivity contribution in [3.8, 4) is 5.75 Å². The lowest BCUT2D eigenvalue weighted by atomic mass is 10.3. The van der Waals surface area contributed by atoms with Crippen molar-refractivity contribution in [3.05, 3.63) is 42.2 Å². The average Bonchev–Trinajstić information content (AvgIpc) is 2.88. The zero-order chi connectivity index (χ0) is 12.8. The van der Waals surface area contributed by atoms with Gasteiger partial charge in [-0.25, -0.2) is 10.2 Å². The van der Waals surface area contributed by atoms with E-state index in [1.54, 1.807) is 0 Å². The minimum Gasteiger partial charge on any atom is -0.492 e. The van der Waals surface area contributed by atoms with Crippen molar-refractivity contribution in [2.24, 2.45) is 0 Å². The smallest absolute Gasteiger partial charge is 0.296 e. The second-order valence-electron chi connectivity index (χ2n) is 3.47. The predicted molar refractivity (Wildman–Crippen MR) is 61.2 cm³/mol. The van der Waals surface area contributed by atoms with Crippen molar-refractivity contribution in [2.75, 3.05) is 6.61 Å². The van der Waals surface area contributed by atoms with Crippen LogP contribution in [0.3, 0.4) is 0 Å². The third-order valence-corrected chi connectivity index (χ3v) is 2.21. The number of hydrogen-bond acceptors (Lipinski definition) is 5. The van der Waals surface area contributed by atoms with Gasteiger partial charge in [0.25, 0.3) is 5.91 Å². The SMILES string of the molecule is O=C(NO)c1cn(CCOc2ccccc2)nn1. The lowest BCUT2D eigenvalue weighted by Crippen LogP contribution is -2.18. The van der Waals surface area contributed by atoms with Gasteiger partial charge in [0.1, 0.15) is 12.4 Å². The van der Waals surface area contributed by atoms with Gasteiger partial charge in [0.05, 0.1) is 12.7 Å². The van der Waals surface area contributed by atoms with Crippen molar-refractivity contribution >= 4 is 5.91 Å². The molecule has 0 aliphatic rings. The van der Waals surface area contributed by atoms with Crippen LogP contribution in [0.2, 0.25) is 0 Å². The quantitative estimate of drug-likeness (QED) is 0.593. The van der Waals surface area contributed by atoms with Gasteiger partial charge in [0.15, 0.2) is 5.69 Å². The van der Waals surface area contributed by atoms with Crippen LogP contribution in [0.15, 0.2) is 36.5 Å². The largest absolute Gasteiger partial charge is 0.492 e. The highest BCUT2D eigenvalue weighted by Crippen LogP contribution is 2.07. The van der Waals surface area contributed by atoms with Crippen molar-refractivity contribution in [1.82, 2.24) is 20.5 Å². The number of hydrogen-bond donors (Lipinski definition) is 2. The molecule has 1 amide bonds. The Kier molecular flexibility index (Phi) is 3.87. The number of nitrogens with zero attached hydrogens (tertiary/aromatic N) is 3. The van der Waals surface area contributed by atoms with Crippen molar-refractivity contribution < 1.29 is 14.7 Å². The van der Waals surface area contributed by atoms with Gasteiger partial charge in [-0.3, -0.25) is 10.0 Å². The summed E-state index contributed by atoms with van der Waals surface area (Å²) in [5, 5.41) is 15.8. The molecule has 0 saturated heterocycles. The number of para-hydroxylation sites is 1. The van der Waals surface area contributed by atoms with E-state index >= 15 is 0 Å². The van der Waals surface area contributed by atoms with Gasteiger partial charge < -0.3 is 4.74 Å². The molecule has 0 aliphatic carbocycles. The Morgan fingerprint density at radius 1 is 1.39 bits per heavy atom. The molecule has 7 nitrogen and oxygen atoms in total. The lowest BCUT2D eigenvalue weighted by Gasteiger charge is -2.04. The second kappa shape index (κ2) is 5.78. The molecule has 0 spiro atoms. The van der Waals surface area contributed by atoms with E-state index in [1.165, 1.54) is 16.4 Å². The molecule has 1 aromatic carbocycles. The Hall–Kier alpha value is -2.41. The summed E-state index contributed by atoms with van der Waals surface area (Å²) in [6.45, 7) is 0.869. The fourth-order valence-electron chi connectivity index (χ4n) is 1.34. The number of carbonyl (C=O) groups is 1. The first kappa shape index (κ1) is 12.1. The number of hydroxylamine groups is 1. The molecule has 2 rings (SSSR count). The molecule has 18 heavy (non-hydrogen) atoms. The van der Waals surface area contributed by atoms with Crippen LogP contribution in [0.1, 0.15) is 10.5 Å². The van der Waals surface area contributed by atoms with E-state index in [0.29, 0.717) is 13.2 Å². The van der Waals surface area contributed by atoms with Crippen LogP contribution in [0.25, 0.3) is 0 Å².